The van der Waals surface area contributed by atoms with Gasteiger partial charge in [0, 0.05) is 18.2 Å². The summed E-state index contributed by atoms with van der Waals surface area (Å²) in [5, 5.41) is 5.68. The number of pyridine rings is 1. The number of hydrogen-bond donors (Lipinski definition) is 2. The zero-order chi connectivity index (χ0) is 24.5. The second-order valence-electron chi connectivity index (χ2n) is 8.99. The van der Waals surface area contributed by atoms with Crippen LogP contribution >= 0.6 is 0 Å². The molecule has 0 bridgehead atoms. The predicted molar refractivity (Wildman–Crippen MR) is 133 cm³/mol. The van der Waals surface area contributed by atoms with E-state index in [9.17, 15) is 14.4 Å². The van der Waals surface area contributed by atoms with Crippen molar-refractivity contribution in [2.24, 2.45) is 0 Å². The molecule has 1 saturated heterocycles. The molecule has 184 valence electrons. The van der Waals surface area contributed by atoms with Crippen molar-refractivity contribution in [3.8, 4) is 17.0 Å². The number of carbonyl (C=O) groups is 2. The van der Waals surface area contributed by atoms with Gasteiger partial charge < -0.3 is 20.3 Å². The third-order valence-electron chi connectivity index (χ3n) is 5.92. The van der Waals surface area contributed by atoms with E-state index >= 15 is 0 Å². The lowest BCUT2D eigenvalue weighted by atomic mass is 10.1. The molecule has 2 aromatic rings. The van der Waals surface area contributed by atoms with Crippen molar-refractivity contribution in [1.82, 2.24) is 20.1 Å². The van der Waals surface area contributed by atoms with Crippen LogP contribution in [0.5, 0.6) is 5.75 Å². The highest BCUT2D eigenvalue weighted by atomic mass is 16.5. The Hall–Kier alpha value is -3.13. The fraction of sp³-hybridized carbons (Fsp3) is 0.500. The van der Waals surface area contributed by atoms with E-state index in [0.29, 0.717) is 18.0 Å². The molecule has 0 atom stereocenters. The molecule has 0 unspecified atom stereocenters. The Morgan fingerprint density at radius 2 is 1.85 bits per heavy atom. The van der Waals surface area contributed by atoms with Crippen molar-refractivity contribution in [3.05, 3.63) is 52.3 Å². The molecule has 0 radical (unpaired) electrons. The molecule has 34 heavy (non-hydrogen) atoms. The first-order chi connectivity index (χ1) is 16.4. The van der Waals surface area contributed by atoms with E-state index in [1.807, 2.05) is 32.0 Å². The van der Waals surface area contributed by atoms with Crippen LogP contribution in [-0.2, 0) is 11.3 Å². The molecule has 8 nitrogen and oxygen atoms in total. The number of nitrogens with zero attached hydrogens (tertiary/aromatic N) is 2. The summed E-state index contributed by atoms with van der Waals surface area (Å²) in [7, 11) is 1.57. The number of rotatable bonds is 10. The molecular weight excluding hydrogens is 432 g/mol. The Morgan fingerprint density at radius 1 is 1.09 bits per heavy atom. The van der Waals surface area contributed by atoms with E-state index in [1.54, 1.807) is 19.2 Å². The first-order valence-corrected chi connectivity index (χ1v) is 12.1. The van der Waals surface area contributed by atoms with Crippen LogP contribution in [0.4, 0.5) is 0 Å². The maximum absolute atomic E-state index is 13.3. The number of likely N-dealkylation sites (tertiary alicyclic amines) is 1. The number of carbonyl (C=O) groups excluding carboxylic acids is 2. The van der Waals surface area contributed by atoms with Gasteiger partial charge in [-0.1, -0.05) is 18.6 Å². The fourth-order valence-corrected chi connectivity index (χ4v) is 4.24. The van der Waals surface area contributed by atoms with Gasteiger partial charge in [-0.3, -0.25) is 19.0 Å². The van der Waals surface area contributed by atoms with Gasteiger partial charge in [0.25, 0.3) is 11.5 Å². The average molecular weight is 469 g/mol. The molecule has 1 aliphatic heterocycles. The lowest BCUT2D eigenvalue weighted by Crippen LogP contribution is -2.39. The number of amides is 2. The van der Waals surface area contributed by atoms with Crippen molar-refractivity contribution in [1.29, 1.82) is 0 Å². The summed E-state index contributed by atoms with van der Waals surface area (Å²) in [6.07, 6.45) is 4.59. The second kappa shape index (κ2) is 12.4. The van der Waals surface area contributed by atoms with Crippen LogP contribution < -0.4 is 20.9 Å². The summed E-state index contributed by atoms with van der Waals surface area (Å²) in [5.41, 5.74) is 0.807. The molecule has 3 rings (SSSR count). The van der Waals surface area contributed by atoms with Gasteiger partial charge in [0.05, 0.1) is 12.8 Å². The molecular formula is C26H36N4O4. The second-order valence-corrected chi connectivity index (χ2v) is 8.99. The van der Waals surface area contributed by atoms with Crippen molar-refractivity contribution < 1.29 is 14.3 Å². The molecule has 1 aromatic carbocycles. The Bertz CT molecular complexity index is 1040. The van der Waals surface area contributed by atoms with Crippen LogP contribution in [0.2, 0.25) is 0 Å². The summed E-state index contributed by atoms with van der Waals surface area (Å²) >= 11 is 0. The number of aromatic nitrogens is 1. The lowest BCUT2D eigenvalue weighted by molar-refractivity contribution is -0.122. The SMILES string of the molecule is COc1cccc(-c2ccc(C(=O)NCCCN3CCCCC3)c(=O)n2CC(=O)NC(C)C)c1. The number of methoxy groups -OCH3 is 1. The van der Waals surface area contributed by atoms with Crippen molar-refractivity contribution in [3.63, 3.8) is 0 Å². The van der Waals surface area contributed by atoms with Crippen molar-refractivity contribution in [2.45, 2.75) is 52.1 Å². The first kappa shape index (κ1) is 25.5. The summed E-state index contributed by atoms with van der Waals surface area (Å²) in [6, 6.07) is 10.5. The molecule has 1 aliphatic rings. The number of hydrogen-bond acceptors (Lipinski definition) is 5. The smallest absolute Gasteiger partial charge is 0.264 e. The quantitative estimate of drug-likeness (QED) is 0.523. The topological polar surface area (TPSA) is 92.7 Å². The van der Waals surface area contributed by atoms with E-state index < -0.39 is 11.5 Å². The summed E-state index contributed by atoms with van der Waals surface area (Å²) in [5.74, 6) is -0.0714. The van der Waals surface area contributed by atoms with Crippen molar-refractivity contribution in [2.75, 3.05) is 33.3 Å². The summed E-state index contributed by atoms with van der Waals surface area (Å²) in [6.45, 7) is 7.20. The number of benzene rings is 1. The zero-order valence-corrected chi connectivity index (χ0v) is 20.4. The molecule has 0 saturated carbocycles. The Morgan fingerprint density at radius 3 is 2.56 bits per heavy atom. The van der Waals surface area contributed by atoms with E-state index in [2.05, 4.69) is 15.5 Å². The van der Waals surface area contributed by atoms with E-state index in [0.717, 1.165) is 31.6 Å². The van der Waals surface area contributed by atoms with Gasteiger partial charge in [0.2, 0.25) is 5.91 Å². The molecule has 1 fully saturated rings. The van der Waals surface area contributed by atoms with Crippen molar-refractivity contribution >= 4 is 11.8 Å². The fourth-order valence-electron chi connectivity index (χ4n) is 4.24. The minimum Gasteiger partial charge on any atom is -0.497 e. The van der Waals surface area contributed by atoms with Gasteiger partial charge in [-0.2, -0.15) is 0 Å². The lowest BCUT2D eigenvalue weighted by Gasteiger charge is -2.26. The molecule has 0 aliphatic carbocycles. The summed E-state index contributed by atoms with van der Waals surface area (Å²) < 4.78 is 6.66. The predicted octanol–water partition coefficient (Wildman–Crippen LogP) is 2.65. The minimum atomic E-state index is -0.493. The normalized spacial score (nSPS) is 14.1. The van der Waals surface area contributed by atoms with Crippen LogP contribution in [0, 0.1) is 0 Å². The Labute approximate surface area is 201 Å². The standard InChI is InChI=1S/C26H36N4O4/c1-19(2)28-24(31)18-30-23(20-9-7-10-21(17-20)34-3)12-11-22(26(30)33)25(32)27-13-8-16-29-14-5-4-6-15-29/h7,9-12,17,19H,4-6,8,13-16,18H2,1-3H3,(H,27,32)(H,28,31). The summed E-state index contributed by atoms with van der Waals surface area (Å²) in [4.78, 5) is 41.1. The maximum Gasteiger partial charge on any atom is 0.264 e. The maximum atomic E-state index is 13.3. The van der Waals surface area contributed by atoms with Gasteiger partial charge in [0.15, 0.2) is 0 Å². The van der Waals surface area contributed by atoms with Crippen LogP contribution in [0.1, 0.15) is 49.9 Å². The zero-order valence-electron chi connectivity index (χ0n) is 20.4. The van der Waals surface area contributed by atoms with Gasteiger partial charge in [-0.05, 0) is 77.0 Å². The van der Waals surface area contributed by atoms with Crippen LogP contribution in [0.15, 0.2) is 41.2 Å². The minimum absolute atomic E-state index is 0.0296. The Balaban J connectivity index is 1.79. The molecule has 8 heteroatoms. The van der Waals surface area contributed by atoms with Gasteiger partial charge in [0.1, 0.15) is 17.9 Å². The third-order valence-corrected chi connectivity index (χ3v) is 5.92. The highest BCUT2D eigenvalue weighted by Gasteiger charge is 2.18. The van der Waals surface area contributed by atoms with E-state index in [-0.39, 0.29) is 24.1 Å². The monoisotopic (exact) mass is 468 g/mol. The first-order valence-electron chi connectivity index (χ1n) is 12.1. The molecule has 2 heterocycles. The van der Waals surface area contributed by atoms with Gasteiger partial charge >= 0.3 is 0 Å². The highest BCUT2D eigenvalue weighted by Crippen LogP contribution is 2.23. The van der Waals surface area contributed by atoms with Gasteiger partial charge in [-0.15, -0.1) is 0 Å². The highest BCUT2D eigenvalue weighted by molar-refractivity contribution is 5.94. The average Bonchev–Trinajstić information content (AvgIpc) is 2.83. The number of ether oxygens (including phenoxy) is 1. The van der Waals surface area contributed by atoms with Gasteiger partial charge in [-0.25, -0.2) is 0 Å². The number of piperidine rings is 1. The van der Waals surface area contributed by atoms with E-state index in [4.69, 9.17) is 4.74 Å². The van der Waals surface area contributed by atoms with E-state index in [1.165, 1.54) is 29.9 Å². The molecule has 1 aromatic heterocycles. The molecule has 2 N–H and O–H groups in total. The molecule has 2 amide bonds. The largest absolute Gasteiger partial charge is 0.497 e. The Kier molecular flexibility index (Phi) is 9.27. The third kappa shape index (κ3) is 6.93. The van der Waals surface area contributed by atoms with Crippen LogP contribution in [0.25, 0.3) is 11.3 Å². The van der Waals surface area contributed by atoms with Crippen LogP contribution in [0.3, 0.4) is 0 Å². The van der Waals surface area contributed by atoms with Crippen LogP contribution in [-0.4, -0.2) is 60.6 Å². The number of nitrogens with one attached hydrogen (secondary N) is 2. The molecule has 0 spiro atoms.